The number of rotatable bonds is 7. The molecule has 3 aromatic heterocycles. The lowest BCUT2D eigenvalue weighted by Gasteiger charge is -2.30. The van der Waals surface area contributed by atoms with Crippen molar-refractivity contribution < 1.29 is 14.7 Å². The number of carbonyl (C=O) groups is 2. The molecule has 0 saturated carbocycles. The number of urea groups is 1. The van der Waals surface area contributed by atoms with Crippen LogP contribution in [-0.2, 0) is 11.2 Å². The zero-order chi connectivity index (χ0) is 26.6. The Morgan fingerprint density at radius 3 is 2.58 bits per heavy atom. The lowest BCUT2D eigenvalue weighted by atomic mass is 9.97. The Balaban J connectivity index is 1.53. The van der Waals surface area contributed by atoms with Gasteiger partial charge in [0.15, 0.2) is 5.13 Å². The van der Waals surface area contributed by atoms with Gasteiger partial charge in [0.05, 0.1) is 33.7 Å². The molecule has 2 amide bonds. The lowest BCUT2D eigenvalue weighted by Crippen LogP contribution is -2.37. The summed E-state index contributed by atoms with van der Waals surface area (Å²) in [6.45, 7) is 5.64. The first-order valence-electron chi connectivity index (χ1n) is 12.6. The average Bonchev–Trinajstić information content (AvgIpc) is 3.35. The highest BCUT2D eigenvalue weighted by Gasteiger charge is 2.26. The largest absolute Gasteiger partial charge is 0.481 e. The molecular formula is C26H28N8O3S. The van der Waals surface area contributed by atoms with Crippen LogP contribution in [0.25, 0.3) is 32.6 Å². The van der Waals surface area contributed by atoms with Crippen LogP contribution in [0, 0.1) is 5.92 Å². The van der Waals surface area contributed by atoms with Crippen molar-refractivity contribution in [3.05, 3.63) is 42.6 Å². The Morgan fingerprint density at radius 2 is 1.89 bits per heavy atom. The highest BCUT2D eigenvalue weighted by Crippen LogP contribution is 2.38. The first-order chi connectivity index (χ1) is 18.5. The van der Waals surface area contributed by atoms with E-state index < -0.39 is 5.97 Å². The number of hydrogen-bond acceptors (Lipinski definition) is 9. The Kier molecular flexibility index (Phi) is 7.40. The summed E-state index contributed by atoms with van der Waals surface area (Å²) < 4.78 is 0.887. The predicted octanol–water partition coefficient (Wildman–Crippen LogP) is 4.22. The van der Waals surface area contributed by atoms with E-state index in [0.29, 0.717) is 55.7 Å². The van der Waals surface area contributed by atoms with Gasteiger partial charge >= 0.3 is 12.0 Å². The molecule has 12 heteroatoms. The van der Waals surface area contributed by atoms with Crippen LogP contribution in [0.5, 0.6) is 0 Å². The molecular weight excluding hydrogens is 504 g/mol. The van der Waals surface area contributed by atoms with Crippen LogP contribution in [-0.4, -0.2) is 61.7 Å². The topological polar surface area (TPSA) is 146 Å². The standard InChI is InChI=1S/C26H28N8O3S/c1-3-19-18(13-30-24(31-19)34-9-5-15(6-10-34)23(35)36)16-11-17(21-14-27-7-8-29-21)22-20(12-16)32-26(38-22)33-25(37)28-4-2/h7-8,11-15H,3-6,9-10H2,1-2H3,(H,35,36)(H2,28,32,33,37). The smallest absolute Gasteiger partial charge is 0.321 e. The molecule has 3 N–H and O–H groups in total. The van der Waals surface area contributed by atoms with Gasteiger partial charge in [-0.15, -0.1) is 0 Å². The van der Waals surface area contributed by atoms with E-state index in [1.54, 1.807) is 18.6 Å². The van der Waals surface area contributed by atoms with Crippen LogP contribution in [0.1, 0.15) is 32.4 Å². The maximum Gasteiger partial charge on any atom is 0.321 e. The molecule has 11 nitrogen and oxygen atoms in total. The number of aliphatic carboxylic acids is 1. The number of amides is 2. The average molecular weight is 533 g/mol. The van der Waals surface area contributed by atoms with Crippen molar-refractivity contribution in [2.75, 3.05) is 29.9 Å². The van der Waals surface area contributed by atoms with Gasteiger partial charge in [-0.05, 0) is 43.9 Å². The number of nitrogens with zero attached hydrogens (tertiary/aromatic N) is 6. The summed E-state index contributed by atoms with van der Waals surface area (Å²) in [5.41, 5.74) is 4.94. The van der Waals surface area contributed by atoms with Gasteiger partial charge in [0.2, 0.25) is 5.95 Å². The molecule has 0 spiro atoms. The number of anilines is 2. The molecule has 1 saturated heterocycles. The number of carbonyl (C=O) groups excluding carboxylic acids is 1. The molecule has 0 unspecified atom stereocenters. The summed E-state index contributed by atoms with van der Waals surface area (Å²) in [4.78, 5) is 48.4. The van der Waals surface area contributed by atoms with E-state index in [0.717, 1.165) is 32.6 Å². The van der Waals surface area contributed by atoms with Gasteiger partial charge in [-0.1, -0.05) is 18.3 Å². The van der Waals surface area contributed by atoms with Crippen LogP contribution in [0.2, 0.25) is 0 Å². The van der Waals surface area contributed by atoms with Crippen LogP contribution in [0.15, 0.2) is 36.9 Å². The van der Waals surface area contributed by atoms with E-state index in [-0.39, 0.29) is 11.9 Å². The van der Waals surface area contributed by atoms with E-state index in [1.807, 2.05) is 32.2 Å². The van der Waals surface area contributed by atoms with Crippen LogP contribution in [0.4, 0.5) is 15.9 Å². The Bertz CT molecular complexity index is 1470. The molecule has 1 aromatic carbocycles. The number of nitrogens with one attached hydrogen (secondary N) is 2. The van der Waals surface area contributed by atoms with Gasteiger partial charge in [0.25, 0.3) is 0 Å². The number of carboxylic acid groups (broad SMARTS) is 1. The maximum absolute atomic E-state index is 12.1. The van der Waals surface area contributed by atoms with Crippen molar-refractivity contribution in [1.82, 2.24) is 30.2 Å². The Hall–Kier alpha value is -4.19. The van der Waals surface area contributed by atoms with Gasteiger partial charge in [-0.25, -0.2) is 19.7 Å². The highest BCUT2D eigenvalue weighted by atomic mass is 32.1. The third-order valence-corrected chi connectivity index (χ3v) is 7.53. The molecule has 0 radical (unpaired) electrons. The summed E-state index contributed by atoms with van der Waals surface area (Å²) in [5.74, 6) is -0.435. The van der Waals surface area contributed by atoms with Crippen molar-refractivity contribution in [2.24, 2.45) is 5.92 Å². The molecule has 5 rings (SSSR count). The van der Waals surface area contributed by atoms with E-state index in [9.17, 15) is 14.7 Å². The number of carboxylic acids is 1. The second kappa shape index (κ2) is 11.1. The van der Waals surface area contributed by atoms with Gasteiger partial charge in [-0.3, -0.25) is 20.1 Å². The van der Waals surface area contributed by atoms with Crippen molar-refractivity contribution in [3.63, 3.8) is 0 Å². The monoisotopic (exact) mass is 532 g/mol. The minimum Gasteiger partial charge on any atom is -0.481 e. The molecule has 0 atom stereocenters. The molecule has 0 aliphatic carbocycles. The number of thiazole rings is 1. The molecule has 1 fully saturated rings. The fourth-order valence-corrected chi connectivity index (χ4v) is 5.53. The van der Waals surface area contributed by atoms with Crippen LogP contribution < -0.4 is 15.5 Å². The number of fused-ring (bicyclic) bond motifs is 1. The summed E-state index contributed by atoms with van der Waals surface area (Å²) in [6, 6.07) is 3.71. The second-order valence-corrected chi connectivity index (χ2v) is 9.95. The fraction of sp³-hybridized carbons (Fsp3) is 0.346. The summed E-state index contributed by atoms with van der Waals surface area (Å²) >= 11 is 1.38. The number of benzene rings is 1. The summed E-state index contributed by atoms with van der Waals surface area (Å²) in [5, 5.41) is 15.3. The molecule has 1 aliphatic rings. The fourth-order valence-electron chi connectivity index (χ4n) is 4.57. The van der Waals surface area contributed by atoms with Crippen molar-refractivity contribution in [3.8, 4) is 22.4 Å². The van der Waals surface area contributed by atoms with Gasteiger partial charge < -0.3 is 15.3 Å². The molecule has 196 valence electrons. The van der Waals surface area contributed by atoms with Crippen LogP contribution >= 0.6 is 11.3 Å². The first-order valence-corrected chi connectivity index (χ1v) is 13.4. The quantitative estimate of drug-likeness (QED) is 0.318. The van der Waals surface area contributed by atoms with Gasteiger partial charge in [-0.2, -0.15) is 0 Å². The number of piperidine rings is 1. The Morgan fingerprint density at radius 1 is 1.08 bits per heavy atom. The minimum atomic E-state index is -0.740. The molecule has 38 heavy (non-hydrogen) atoms. The van der Waals surface area contributed by atoms with Crippen LogP contribution in [0.3, 0.4) is 0 Å². The number of aromatic nitrogens is 5. The third kappa shape index (κ3) is 5.25. The minimum absolute atomic E-state index is 0.308. The van der Waals surface area contributed by atoms with E-state index in [2.05, 4.69) is 35.5 Å². The van der Waals surface area contributed by atoms with Gasteiger partial charge in [0, 0.05) is 49.4 Å². The van der Waals surface area contributed by atoms with Crippen molar-refractivity contribution in [2.45, 2.75) is 33.1 Å². The zero-order valence-electron chi connectivity index (χ0n) is 21.1. The number of aryl methyl sites for hydroxylation is 1. The molecule has 4 aromatic rings. The summed E-state index contributed by atoms with van der Waals surface area (Å²) in [6.07, 6.45) is 8.65. The SMILES string of the molecule is CCNC(=O)Nc1nc2cc(-c3cnc(N4CCC(C(=O)O)CC4)nc3CC)cc(-c3cnccn3)c2s1. The van der Waals surface area contributed by atoms with E-state index >= 15 is 0 Å². The van der Waals surface area contributed by atoms with Crippen molar-refractivity contribution >= 4 is 44.6 Å². The normalized spacial score (nSPS) is 14.0. The number of hydrogen-bond donors (Lipinski definition) is 3. The molecule has 1 aliphatic heterocycles. The van der Waals surface area contributed by atoms with Gasteiger partial charge in [0.1, 0.15) is 0 Å². The molecule has 4 heterocycles. The maximum atomic E-state index is 12.1. The summed E-state index contributed by atoms with van der Waals surface area (Å²) in [7, 11) is 0. The predicted molar refractivity (Wildman–Crippen MR) is 146 cm³/mol. The highest BCUT2D eigenvalue weighted by molar-refractivity contribution is 7.22. The molecule has 0 bridgehead atoms. The third-order valence-electron chi connectivity index (χ3n) is 6.51. The first kappa shape index (κ1) is 25.5. The Labute approximate surface area is 223 Å². The van der Waals surface area contributed by atoms with Crippen molar-refractivity contribution in [1.29, 1.82) is 0 Å². The second-order valence-electron chi connectivity index (χ2n) is 8.95. The lowest BCUT2D eigenvalue weighted by molar-refractivity contribution is -0.142. The van der Waals surface area contributed by atoms with E-state index in [4.69, 9.17) is 4.98 Å². The van der Waals surface area contributed by atoms with E-state index in [1.165, 1.54) is 11.3 Å². The zero-order valence-corrected chi connectivity index (χ0v) is 22.0.